The SMILES string of the molecule is Cc1csc(NC(=O)C2(C)Sc3ccccc3N(C)C2=O)n1. The summed E-state index contributed by atoms with van der Waals surface area (Å²) < 4.78 is -1.21. The van der Waals surface area contributed by atoms with Gasteiger partial charge in [-0.3, -0.25) is 9.59 Å². The van der Waals surface area contributed by atoms with Crippen LogP contribution in [0, 0.1) is 6.92 Å². The Labute approximate surface area is 136 Å². The van der Waals surface area contributed by atoms with Crippen molar-refractivity contribution in [3.8, 4) is 0 Å². The van der Waals surface area contributed by atoms with E-state index in [9.17, 15) is 9.59 Å². The molecule has 5 nitrogen and oxygen atoms in total. The minimum Gasteiger partial charge on any atom is -0.313 e. The van der Waals surface area contributed by atoms with Crippen LogP contribution in [0.25, 0.3) is 0 Å². The topological polar surface area (TPSA) is 62.3 Å². The molecule has 114 valence electrons. The zero-order chi connectivity index (χ0) is 15.9. The number of nitrogens with one attached hydrogen (secondary N) is 1. The van der Waals surface area contributed by atoms with E-state index >= 15 is 0 Å². The van der Waals surface area contributed by atoms with Crippen molar-refractivity contribution in [2.45, 2.75) is 23.5 Å². The number of para-hydroxylation sites is 1. The first-order valence-electron chi connectivity index (χ1n) is 6.71. The highest BCUT2D eigenvalue weighted by Gasteiger charge is 2.48. The zero-order valence-corrected chi connectivity index (χ0v) is 14.0. The van der Waals surface area contributed by atoms with Gasteiger partial charge in [-0.15, -0.1) is 11.3 Å². The summed E-state index contributed by atoms with van der Waals surface area (Å²) in [6.45, 7) is 3.51. The number of carbonyl (C=O) groups is 2. The van der Waals surface area contributed by atoms with Crippen LogP contribution in [0.1, 0.15) is 12.6 Å². The van der Waals surface area contributed by atoms with E-state index in [1.807, 2.05) is 36.6 Å². The minimum atomic E-state index is -1.21. The molecule has 1 unspecified atom stereocenters. The van der Waals surface area contributed by atoms with Gasteiger partial charge in [0.15, 0.2) is 9.88 Å². The molecule has 1 aliphatic heterocycles. The number of nitrogens with zero attached hydrogens (tertiary/aromatic N) is 2. The Balaban J connectivity index is 1.92. The number of fused-ring (bicyclic) bond motifs is 1. The number of aryl methyl sites for hydroxylation is 1. The monoisotopic (exact) mass is 333 g/mol. The highest BCUT2D eigenvalue weighted by atomic mass is 32.2. The third-order valence-electron chi connectivity index (χ3n) is 3.53. The molecule has 0 saturated carbocycles. The summed E-state index contributed by atoms with van der Waals surface area (Å²) in [6.07, 6.45) is 0. The second-order valence-electron chi connectivity index (χ2n) is 5.22. The van der Waals surface area contributed by atoms with E-state index in [1.165, 1.54) is 23.1 Å². The van der Waals surface area contributed by atoms with Gasteiger partial charge in [0.05, 0.1) is 11.4 Å². The number of thioether (sulfide) groups is 1. The zero-order valence-electron chi connectivity index (χ0n) is 12.4. The summed E-state index contributed by atoms with van der Waals surface area (Å²) in [5.74, 6) is -0.583. The van der Waals surface area contributed by atoms with Crippen molar-refractivity contribution in [3.05, 3.63) is 35.3 Å². The fourth-order valence-corrected chi connectivity index (χ4v) is 4.23. The molecule has 1 aromatic heterocycles. The molecule has 2 heterocycles. The fraction of sp³-hybridized carbons (Fsp3) is 0.267. The molecule has 0 spiro atoms. The van der Waals surface area contributed by atoms with E-state index in [2.05, 4.69) is 10.3 Å². The molecule has 0 bridgehead atoms. The highest BCUT2D eigenvalue weighted by molar-refractivity contribution is 8.02. The van der Waals surface area contributed by atoms with E-state index < -0.39 is 4.75 Å². The molecule has 0 radical (unpaired) electrons. The van der Waals surface area contributed by atoms with Crippen LogP contribution < -0.4 is 10.2 Å². The number of thiazole rings is 1. The van der Waals surface area contributed by atoms with Gasteiger partial charge in [0.1, 0.15) is 0 Å². The van der Waals surface area contributed by atoms with Crippen LogP contribution >= 0.6 is 23.1 Å². The van der Waals surface area contributed by atoms with Crippen LogP contribution in [-0.4, -0.2) is 28.6 Å². The lowest BCUT2D eigenvalue weighted by molar-refractivity contribution is -0.128. The van der Waals surface area contributed by atoms with Crippen LogP contribution in [0.15, 0.2) is 34.5 Å². The normalized spacial score (nSPS) is 20.7. The van der Waals surface area contributed by atoms with Gasteiger partial charge in [-0.05, 0) is 26.0 Å². The van der Waals surface area contributed by atoms with Crippen LogP contribution in [-0.2, 0) is 9.59 Å². The molecule has 1 aliphatic rings. The van der Waals surface area contributed by atoms with Gasteiger partial charge in [-0.25, -0.2) is 4.98 Å². The molecule has 1 N–H and O–H groups in total. The maximum absolute atomic E-state index is 12.7. The smallest absolute Gasteiger partial charge is 0.252 e. The first-order valence-corrected chi connectivity index (χ1v) is 8.41. The molecule has 7 heteroatoms. The second kappa shape index (κ2) is 5.40. The Morgan fingerprint density at radius 3 is 2.77 bits per heavy atom. The Bertz CT molecular complexity index is 759. The standard InChI is InChI=1S/C15H15N3O2S2/c1-9-8-21-14(16-9)17-12(19)15(2)13(20)18(3)10-6-4-5-7-11(10)22-15/h4-8H,1-3H3,(H,16,17,19). The number of benzene rings is 1. The Morgan fingerprint density at radius 1 is 1.36 bits per heavy atom. The summed E-state index contributed by atoms with van der Waals surface area (Å²) in [5, 5.41) is 5.12. The predicted octanol–water partition coefficient (Wildman–Crippen LogP) is 2.92. The molecule has 2 aromatic rings. The van der Waals surface area contributed by atoms with Gasteiger partial charge in [0.25, 0.3) is 11.8 Å². The van der Waals surface area contributed by atoms with Crippen molar-refractivity contribution < 1.29 is 9.59 Å². The first-order chi connectivity index (χ1) is 10.4. The van der Waals surface area contributed by atoms with Crippen molar-refractivity contribution in [1.82, 2.24) is 4.98 Å². The molecule has 1 aromatic carbocycles. The van der Waals surface area contributed by atoms with Crippen molar-refractivity contribution in [2.75, 3.05) is 17.3 Å². The molecule has 2 amide bonds. The lowest BCUT2D eigenvalue weighted by Gasteiger charge is -2.36. The molecule has 22 heavy (non-hydrogen) atoms. The van der Waals surface area contributed by atoms with Gasteiger partial charge in [0, 0.05) is 17.3 Å². The molecule has 1 atom stereocenters. The lowest BCUT2D eigenvalue weighted by atomic mass is 10.1. The van der Waals surface area contributed by atoms with E-state index in [4.69, 9.17) is 0 Å². The third kappa shape index (κ3) is 2.40. The van der Waals surface area contributed by atoms with Gasteiger partial charge >= 0.3 is 0 Å². The summed E-state index contributed by atoms with van der Waals surface area (Å²) in [5.41, 5.74) is 1.67. The summed E-state index contributed by atoms with van der Waals surface area (Å²) in [4.78, 5) is 32.0. The van der Waals surface area contributed by atoms with Crippen LogP contribution in [0.5, 0.6) is 0 Å². The van der Waals surface area contributed by atoms with Gasteiger partial charge < -0.3 is 10.2 Å². The molecular weight excluding hydrogens is 318 g/mol. The van der Waals surface area contributed by atoms with Crippen LogP contribution in [0.2, 0.25) is 0 Å². The van der Waals surface area contributed by atoms with Crippen molar-refractivity contribution in [3.63, 3.8) is 0 Å². The summed E-state index contributed by atoms with van der Waals surface area (Å²) >= 11 is 2.63. The Kier molecular flexibility index (Phi) is 3.70. The second-order valence-corrected chi connectivity index (χ2v) is 7.53. The maximum Gasteiger partial charge on any atom is 0.252 e. The summed E-state index contributed by atoms with van der Waals surface area (Å²) in [6, 6.07) is 7.58. The maximum atomic E-state index is 12.7. The third-order valence-corrected chi connectivity index (χ3v) is 5.74. The first kappa shape index (κ1) is 15.1. The van der Waals surface area contributed by atoms with Gasteiger partial charge in [-0.2, -0.15) is 0 Å². The van der Waals surface area contributed by atoms with E-state index in [1.54, 1.807) is 18.9 Å². The number of hydrogen-bond acceptors (Lipinski definition) is 5. The lowest BCUT2D eigenvalue weighted by Crippen LogP contribution is -2.53. The number of rotatable bonds is 2. The number of carbonyl (C=O) groups excluding carboxylic acids is 2. The van der Waals surface area contributed by atoms with Crippen LogP contribution in [0.3, 0.4) is 0 Å². The Hall–Kier alpha value is -1.86. The molecule has 0 aliphatic carbocycles. The largest absolute Gasteiger partial charge is 0.313 e. The van der Waals surface area contributed by atoms with E-state index in [0.717, 1.165) is 16.3 Å². The molecular formula is C15H15N3O2S2. The van der Waals surface area contributed by atoms with Gasteiger partial charge in [-0.1, -0.05) is 23.9 Å². The number of amides is 2. The predicted molar refractivity (Wildman–Crippen MR) is 89.6 cm³/mol. The quantitative estimate of drug-likeness (QED) is 0.859. The van der Waals surface area contributed by atoms with Crippen molar-refractivity contribution in [1.29, 1.82) is 0 Å². The highest BCUT2D eigenvalue weighted by Crippen LogP contribution is 2.45. The average Bonchev–Trinajstić information content (AvgIpc) is 2.90. The molecule has 0 saturated heterocycles. The van der Waals surface area contributed by atoms with Crippen molar-refractivity contribution in [2.24, 2.45) is 0 Å². The van der Waals surface area contributed by atoms with E-state index in [-0.39, 0.29) is 11.8 Å². The summed E-state index contributed by atoms with van der Waals surface area (Å²) in [7, 11) is 1.69. The number of aromatic nitrogens is 1. The Morgan fingerprint density at radius 2 is 2.09 bits per heavy atom. The van der Waals surface area contributed by atoms with Gasteiger partial charge in [0.2, 0.25) is 0 Å². The fourth-order valence-electron chi connectivity index (χ4n) is 2.28. The van der Waals surface area contributed by atoms with E-state index in [0.29, 0.717) is 5.13 Å². The minimum absolute atomic E-state index is 0.234. The number of anilines is 2. The molecule has 3 rings (SSSR count). The van der Waals surface area contributed by atoms with Crippen molar-refractivity contribution >= 4 is 45.7 Å². The average molecular weight is 333 g/mol. The number of hydrogen-bond donors (Lipinski definition) is 1. The van der Waals surface area contributed by atoms with Crippen LogP contribution in [0.4, 0.5) is 10.8 Å². The molecule has 0 fully saturated rings.